The number of piperazine rings is 1. The second kappa shape index (κ2) is 5.85. The van der Waals surface area contributed by atoms with Gasteiger partial charge in [-0.05, 0) is 23.0 Å². The Balaban J connectivity index is 1.99. The molecule has 1 fully saturated rings. The highest BCUT2D eigenvalue weighted by Gasteiger charge is 2.17. The van der Waals surface area contributed by atoms with Gasteiger partial charge in [-0.1, -0.05) is 45.0 Å². The Hall–Kier alpha value is -0.860. The van der Waals surface area contributed by atoms with Crippen LogP contribution in [-0.4, -0.2) is 31.1 Å². The number of hydrogen-bond donors (Lipinski definition) is 1. The highest BCUT2D eigenvalue weighted by Crippen LogP contribution is 2.26. The molecule has 0 aliphatic carbocycles. The van der Waals surface area contributed by atoms with E-state index in [-0.39, 0.29) is 0 Å². The van der Waals surface area contributed by atoms with Gasteiger partial charge < -0.3 is 5.32 Å². The molecule has 1 aromatic carbocycles. The molecule has 1 aromatic rings. The Bertz CT molecular complexity index is 361. The summed E-state index contributed by atoms with van der Waals surface area (Å²) < 4.78 is 0. The first-order valence-electron chi connectivity index (χ1n) is 7.14. The van der Waals surface area contributed by atoms with Gasteiger partial charge in [-0.15, -0.1) is 0 Å². The summed E-state index contributed by atoms with van der Waals surface area (Å²) in [5.74, 6) is 0. The van der Waals surface area contributed by atoms with Gasteiger partial charge in [0.25, 0.3) is 0 Å². The summed E-state index contributed by atoms with van der Waals surface area (Å²) in [6.07, 6.45) is 1.18. The van der Waals surface area contributed by atoms with Crippen molar-refractivity contribution in [3.8, 4) is 0 Å². The number of nitrogens with zero attached hydrogens (tertiary/aromatic N) is 1. The largest absolute Gasteiger partial charge is 0.314 e. The molecule has 100 valence electrons. The summed E-state index contributed by atoms with van der Waals surface area (Å²) in [7, 11) is 0. The van der Waals surface area contributed by atoms with Crippen molar-refractivity contribution < 1.29 is 0 Å². The highest BCUT2D eigenvalue weighted by molar-refractivity contribution is 5.28. The molecule has 1 N–H and O–H groups in total. The fourth-order valence-corrected chi connectivity index (χ4v) is 2.39. The van der Waals surface area contributed by atoms with Crippen molar-refractivity contribution in [2.45, 2.75) is 39.2 Å². The van der Waals surface area contributed by atoms with Gasteiger partial charge in [0.15, 0.2) is 0 Å². The van der Waals surface area contributed by atoms with Crippen molar-refractivity contribution in [2.24, 2.45) is 0 Å². The fraction of sp³-hybridized carbons (Fsp3) is 0.625. The second-order valence-electron chi connectivity index (χ2n) is 5.96. The SMILES string of the molecule is CCC(C)(C)c1ccc(CN2CCNCC2)cc1. The Morgan fingerprint density at radius 3 is 2.28 bits per heavy atom. The average molecular weight is 246 g/mol. The smallest absolute Gasteiger partial charge is 0.0234 e. The Kier molecular flexibility index (Phi) is 4.41. The van der Waals surface area contributed by atoms with E-state index in [0.29, 0.717) is 5.41 Å². The lowest BCUT2D eigenvalue weighted by Gasteiger charge is -2.28. The van der Waals surface area contributed by atoms with Gasteiger partial charge in [0.2, 0.25) is 0 Å². The number of benzene rings is 1. The van der Waals surface area contributed by atoms with Crippen LogP contribution in [0.5, 0.6) is 0 Å². The molecule has 0 radical (unpaired) electrons. The summed E-state index contributed by atoms with van der Waals surface area (Å²) >= 11 is 0. The zero-order chi connectivity index (χ0) is 13.0. The van der Waals surface area contributed by atoms with E-state index >= 15 is 0 Å². The highest BCUT2D eigenvalue weighted by atomic mass is 15.2. The van der Waals surface area contributed by atoms with Gasteiger partial charge in [-0.25, -0.2) is 0 Å². The lowest BCUT2D eigenvalue weighted by atomic mass is 9.82. The zero-order valence-corrected chi connectivity index (χ0v) is 12.0. The molecule has 1 saturated heterocycles. The number of nitrogens with one attached hydrogen (secondary N) is 1. The van der Waals surface area contributed by atoms with Crippen LogP contribution in [0.25, 0.3) is 0 Å². The molecule has 1 heterocycles. The number of hydrogen-bond acceptors (Lipinski definition) is 2. The van der Waals surface area contributed by atoms with Crippen LogP contribution in [0, 0.1) is 0 Å². The molecule has 0 saturated carbocycles. The lowest BCUT2D eigenvalue weighted by Crippen LogP contribution is -2.42. The van der Waals surface area contributed by atoms with E-state index in [2.05, 4.69) is 55.3 Å². The van der Waals surface area contributed by atoms with Crippen LogP contribution in [0.4, 0.5) is 0 Å². The summed E-state index contributed by atoms with van der Waals surface area (Å²) in [5.41, 5.74) is 3.19. The van der Waals surface area contributed by atoms with E-state index in [0.717, 1.165) is 19.6 Å². The molecule has 1 aliphatic heterocycles. The van der Waals surface area contributed by atoms with Gasteiger partial charge in [0, 0.05) is 32.7 Å². The maximum Gasteiger partial charge on any atom is 0.0234 e. The molecule has 2 heteroatoms. The summed E-state index contributed by atoms with van der Waals surface area (Å²) in [4.78, 5) is 2.52. The molecule has 0 unspecified atom stereocenters. The second-order valence-corrected chi connectivity index (χ2v) is 5.96. The maximum absolute atomic E-state index is 3.40. The van der Waals surface area contributed by atoms with E-state index in [1.54, 1.807) is 0 Å². The molecule has 2 nitrogen and oxygen atoms in total. The topological polar surface area (TPSA) is 15.3 Å². The van der Waals surface area contributed by atoms with Gasteiger partial charge in [-0.3, -0.25) is 4.90 Å². The monoisotopic (exact) mass is 246 g/mol. The first-order valence-corrected chi connectivity index (χ1v) is 7.14. The van der Waals surface area contributed by atoms with Crippen molar-refractivity contribution in [3.05, 3.63) is 35.4 Å². The Morgan fingerprint density at radius 1 is 1.11 bits per heavy atom. The minimum absolute atomic E-state index is 0.299. The van der Waals surface area contributed by atoms with Crippen molar-refractivity contribution in [1.82, 2.24) is 10.2 Å². The maximum atomic E-state index is 3.40. The predicted octanol–water partition coefficient (Wildman–Crippen LogP) is 2.78. The third-order valence-corrected chi connectivity index (χ3v) is 4.24. The third kappa shape index (κ3) is 3.33. The Morgan fingerprint density at radius 2 is 1.72 bits per heavy atom. The molecule has 0 atom stereocenters. The summed E-state index contributed by atoms with van der Waals surface area (Å²) in [6, 6.07) is 9.21. The van der Waals surface area contributed by atoms with E-state index in [1.165, 1.54) is 30.6 Å². The molecule has 1 aliphatic rings. The van der Waals surface area contributed by atoms with Gasteiger partial charge in [0.05, 0.1) is 0 Å². The lowest BCUT2D eigenvalue weighted by molar-refractivity contribution is 0.233. The minimum atomic E-state index is 0.299. The molecule has 2 rings (SSSR count). The Labute approximate surface area is 111 Å². The summed E-state index contributed by atoms with van der Waals surface area (Å²) in [6.45, 7) is 12.6. The molecular weight excluding hydrogens is 220 g/mol. The fourth-order valence-electron chi connectivity index (χ4n) is 2.39. The van der Waals surface area contributed by atoms with Crippen molar-refractivity contribution in [3.63, 3.8) is 0 Å². The van der Waals surface area contributed by atoms with Crippen LogP contribution in [0.15, 0.2) is 24.3 Å². The van der Waals surface area contributed by atoms with Crippen molar-refractivity contribution in [2.75, 3.05) is 26.2 Å². The predicted molar refractivity (Wildman–Crippen MR) is 77.9 cm³/mol. The van der Waals surface area contributed by atoms with Gasteiger partial charge >= 0.3 is 0 Å². The van der Waals surface area contributed by atoms with Crippen LogP contribution in [0.3, 0.4) is 0 Å². The molecule has 0 spiro atoms. The van der Waals surface area contributed by atoms with Crippen LogP contribution >= 0.6 is 0 Å². The zero-order valence-electron chi connectivity index (χ0n) is 12.0. The van der Waals surface area contributed by atoms with E-state index in [9.17, 15) is 0 Å². The normalized spacial score (nSPS) is 17.9. The number of rotatable bonds is 4. The molecule has 0 amide bonds. The summed E-state index contributed by atoms with van der Waals surface area (Å²) in [5, 5.41) is 3.40. The van der Waals surface area contributed by atoms with Crippen LogP contribution in [0.1, 0.15) is 38.3 Å². The van der Waals surface area contributed by atoms with E-state index in [4.69, 9.17) is 0 Å². The third-order valence-electron chi connectivity index (χ3n) is 4.24. The molecule has 18 heavy (non-hydrogen) atoms. The van der Waals surface area contributed by atoms with Gasteiger partial charge in [0.1, 0.15) is 0 Å². The van der Waals surface area contributed by atoms with Crippen LogP contribution < -0.4 is 5.32 Å². The van der Waals surface area contributed by atoms with Crippen molar-refractivity contribution in [1.29, 1.82) is 0 Å². The van der Waals surface area contributed by atoms with Crippen LogP contribution in [-0.2, 0) is 12.0 Å². The molecule has 0 bridgehead atoms. The molecule has 0 aromatic heterocycles. The standard InChI is InChI=1S/C16H26N2/c1-4-16(2,3)15-7-5-14(6-8-15)13-18-11-9-17-10-12-18/h5-8,17H,4,9-13H2,1-3H3. The van der Waals surface area contributed by atoms with Crippen molar-refractivity contribution >= 4 is 0 Å². The molecular formula is C16H26N2. The average Bonchev–Trinajstić information content (AvgIpc) is 2.40. The van der Waals surface area contributed by atoms with Gasteiger partial charge in [-0.2, -0.15) is 0 Å². The van der Waals surface area contributed by atoms with Crippen LogP contribution in [0.2, 0.25) is 0 Å². The first kappa shape index (κ1) is 13.6. The quantitative estimate of drug-likeness (QED) is 0.879. The first-order chi connectivity index (χ1) is 8.62. The van der Waals surface area contributed by atoms with E-state index in [1.807, 2.05) is 0 Å². The van der Waals surface area contributed by atoms with E-state index < -0.39 is 0 Å². The minimum Gasteiger partial charge on any atom is -0.314 e.